The summed E-state index contributed by atoms with van der Waals surface area (Å²) < 4.78 is 10.4. The minimum absolute atomic E-state index is 0.0119. The molecular formula is C14H29NO4. The van der Waals surface area contributed by atoms with Gasteiger partial charge in [-0.3, -0.25) is 0 Å². The van der Waals surface area contributed by atoms with Crippen LogP contribution in [0.15, 0.2) is 0 Å². The molecule has 114 valence electrons. The lowest BCUT2D eigenvalue weighted by Crippen LogP contribution is -2.44. The molecule has 0 heterocycles. The molecular weight excluding hydrogens is 246 g/mol. The summed E-state index contributed by atoms with van der Waals surface area (Å²) in [4.78, 5) is 0. The lowest BCUT2D eigenvalue weighted by molar-refractivity contribution is -0.0347. The van der Waals surface area contributed by atoms with Gasteiger partial charge in [-0.05, 0) is 19.8 Å². The molecule has 0 aliphatic heterocycles. The van der Waals surface area contributed by atoms with Crippen molar-refractivity contribution in [3.63, 3.8) is 0 Å². The average molecular weight is 275 g/mol. The van der Waals surface area contributed by atoms with Crippen molar-refractivity contribution in [2.45, 2.75) is 56.8 Å². The minimum Gasteiger partial charge on any atom is -0.389 e. The molecule has 2 unspecified atom stereocenters. The van der Waals surface area contributed by atoms with Crippen LogP contribution in [0, 0.1) is 0 Å². The topological polar surface area (TPSA) is 71.0 Å². The molecule has 0 aromatic carbocycles. The number of nitrogens with one attached hydrogen (secondary N) is 1. The van der Waals surface area contributed by atoms with Gasteiger partial charge in [-0.15, -0.1) is 0 Å². The van der Waals surface area contributed by atoms with Crippen LogP contribution < -0.4 is 5.32 Å². The van der Waals surface area contributed by atoms with Crippen LogP contribution >= 0.6 is 0 Å². The standard InChI is InChI=1S/C14H29NO4/c1-12(9-18-2)19-10-13(16)8-15-11-14(17)6-4-3-5-7-14/h12-13,15-17H,3-11H2,1-2H3. The van der Waals surface area contributed by atoms with Crippen molar-refractivity contribution in [2.75, 3.05) is 33.4 Å². The van der Waals surface area contributed by atoms with Crippen LogP contribution in [0.25, 0.3) is 0 Å². The second kappa shape index (κ2) is 8.87. The van der Waals surface area contributed by atoms with E-state index in [4.69, 9.17) is 9.47 Å². The molecule has 1 rings (SSSR count). The van der Waals surface area contributed by atoms with E-state index in [-0.39, 0.29) is 12.7 Å². The van der Waals surface area contributed by atoms with E-state index in [0.29, 0.717) is 19.7 Å². The molecule has 0 bridgehead atoms. The number of hydrogen-bond donors (Lipinski definition) is 3. The quantitative estimate of drug-likeness (QED) is 0.577. The first kappa shape index (κ1) is 16.9. The Morgan fingerprint density at radius 1 is 1.21 bits per heavy atom. The van der Waals surface area contributed by atoms with E-state index in [0.717, 1.165) is 25.7 Å². The van der Waals surface area contributed by atoms with E-state index in [9.17, 15) is 10.2 Å². The van der Waals surface area contributed by atoms with E-state index in [1.54, 1.807) is 7.11 Å². The number of aliphatic hydroxyl groups is 2. The second-order valence-corrected chi connectivity index (χ2v) is 5.67. The van der Waals surface area contributed by atoms with Gasteiger partial charge in [-0.25, -0.2) is 0 Å². The van der Waals surface area contributed by atoms with E-state index < -0.39 is 11.7 Å². The molecule has 5 heteroatoms. The highest BCUT2D eigenvalue weighted by molar-refractivity contribution is 4.84. The molecule has 1 aliphatic carbocycles. The first-order valence-electron chi connectivity index (χ1n) is 7.27. The van der Waals surface area contributed by atoms with Crippen LogP contribution in [-0.2, 0) is 9.47 Å². The van der Waals surface area contributed by atoms with Crippen molar-refractivity contribution >= 4 is 0 Å². The van der Waals surface area contributed by atoms with Gasteiger partial charge >= 0.3 is 0 Å². The van der Waals surface area contributed by atoms with Crippen molar-refractivity contribution in [1.82, 2.24) is 5.32 Å². The number of aliphatic hydroxyl groups excluding tert-OH is 1. The highest BCUT2D eigenvalue weighted by Gasteiger charge is 2.28. The number of rotatable bonds is 9. The number of methoxy groups -OCH3 is 1. The predicted octanol–water partition coefficient (Wildman–Crippen LogP) is 0.684. The van der Waals surface area contributed by atoms with Crippen LogP contribution in [0.2, 0.25) is 0 Å². The molecule has 0 aromatic rings. The summed E-state index contributed by atoms with van der Waals surface area (Å²) in [5.74, 6) is 0. The SMILES string of the molecule is COCC(C)OCC(O)CNCC1(O)CCCCC1. The highest BCUT2D eigenvalue weighted by Crippen LogP contribution is 2.27. The minimum atomic E-state index is -0.581. The Labute approximate surface area is 116 Å². The van der Waals surface area contributed by atoms with Crippen LogP contribution in [0.4, 0.5) is 0 Å². The zero-order valence-corrected chi connectivity index (χ0v) is 12.2. The van der Waals surface area contributed by atoms with Crippen molar-refractivity contribution < 1.29 is 19.7 Å². The van der Waals surface area contributed by atoms with Gasteiger partial charge < -0.3 is 25.0 Å². The lowest BCUT2D eigenvalue weighted by atomic mass is 9.85. The Hall–Kier alpha value is -0.200. The third-order valence-corrected chi connectivity index (χ3v) is 3.59. The molecule has 0 saturated heterocycles. The van der Waals surface area contributed by atoms with Crippen molar-refractivity contribution in [2.24, 2.45) is 0 Å². The first-order valence-corrected chi connectivity index (χ1v) is 7.27. The molecule has 1 saturated carbocycles. The number of ether oxygens (including phenoxy) is 2. The fourth-order valence-corrected chi connectivity index (χ4v) is 2.48. The lowest BCUT2D eigenvalue weighted by Gasteiger charge is -2.32. The van der Waals surface area contributed by atoms with Gasteiger partial charge in [0.15, 0.2) is 0 Å². The monoisotopic (exact) mass is 275 g/mol. The predicted molar refractivity (Wildman–Crippen MR) is 74.2 cm³/mol. The van der Waals surface area contributed by atoms with Gasteiger partial charge in [-0.1, -0.05) is 19.3 Å². The van der Waals surface area contributed by atoms with Crippen LogP contribution in [0.5, 0.6) is 0 Å². The summed E-state index contributed by atoms with van der Waals surface area (Å²) in [6.45, 7) is 3.73. The molecule has 0 radical (unpaired) electrons. The molecule has 19 heavy (non-hydrogen) atoms. The van der Waals surface area contributed by atoms with Gasteiger partial charge in [0.1, 0.15) is 0 Å². The maximum absolute atomic E-state index is 10.3. The summed E-state index contributed by atoms with van der Waals surface area (Å²) in [6.07, 6.45) is 4.57. The van der Waals surface area contributed by atoms with Gasteiger partial charge in [0.05, 0.1) is 31.0 Å². The first-order chi connectivity index (χ1) is 9.06. The molecule has 0 spiro atoms. The van der Waals surface area contributed by atoms with Crippen molar-refractivity contribution in [3.8, 4) is 0 Å². The summed E-state index contributed by atoms with van der Waals surface area (Å²) in [6, 6.07) is 0. The normalized spacial score (nSPS) is 22.1. The fourth-order valence-electron chi connectivity index (χ4n) is 2.48. The van der Waals surface area contributed by atoms with E-state index >= 15 is 0 Å². The van der Waals surface area contributed by atoms with Crippen LogP contribution in [0.1, 0.15) is 39.0 Å². The highest BCUT2D eigenvalue weighted by atomic mass is 16.5. The molecule has 0 amide bonds. The Kier molecular flexibility index (Phi) is 7.87. The molecule has 3 N–H and O–H groups in total. The Bertz CT molecular complexity index is 231. The molecule has 1 aliphatic rings. The molecule has 1 fully saturated rings. The zero-order valence-electron chi connectivity index (χ0n) is 12.2. The summed E-state index contributed by atoms with van der Waals surface area (Å²) >= 11 is 0. The Morgan fingerprint density at radius 2 is 1.89 bits per heavy atom. The van der Waals surface area contributed by atoms with Crippen molar-refractivity contribution in [3.05, 3.63) is 0 Å². The maximum atomic E-state index is 10.3. The van der Waals surface area contributed by atoms with Gasteiger partial charge in [-0.2, -0.15) is 0 Å². The second-order valence-electron chi connectivity index (χ2n) is 5.67. The fraction of sp³-hybridized carbons (Fsp3) is 1.00. The molecule has 5 nitrogen and oxygen atoms in total. The third-order valence-electron chi connectivity index (χ3n) is 3.59. The third kappa shape index (κ3) is 7.22. The summed E-state index contributed by atoms with van der Waals surface area (Å²) in [5.41, 5.74) is -0.581. The van der Waals surface area contributed by atoms with Crippen molar-refractivity contribution in [1.29, 1.82) is 0 Å². The van der Waals surface area contributed by atoms with Crippen LogP contribution in [0.3, 0.4) is 0 Å². The Morgan fingerprint density at radius 3 is 2.53 bits per heavy atom. The van der Waals surface area contributed by atoms with E-state index in [2.05, 4.69) is 5.32 Å². The Balaban J connectivity index is 2.07. The average Bonchev–Trinajstić information content (AvgIpc) is 2.37. The van der Waals surface area contributed by atoms with E-state index in [1.165, 1.54) is 6.42 Å². The largest absolute Gasteiger partial charge is 0.389 e. The summed E-state index contributed by atoms with van der Waals surface area (Å²) in [5, 5.41) is 23.2. The van der Waals surface area contributed by atoms with Gasteiger partial charge in [0.2, 0.25) is 0 Å². The van der Waals surface area contributed by atoms with E-state index in [1.807, 2.05) is 6.92 Å². The maximum Gasteiger partial charge on any atom is 0.0897 e. The van der Waals surface area contributed by atoms with Crippen LogP contribution in [-0.4, -0.2) is 61.4 Å². The zero-order chi connectivity index (χ0) is 14.1. The number of hydrogen-bond acceptors (Lipinski definition) is 5. The van der Waals surface area contributed by atoms with Gasteiger partial charge in [0, 0.05) is 20.2 Å². The van der Waals surface area contributed by atoms with Gasteiger partial charge in [0.25, 0.3) is 0 Å². The summed E-state index contributed by atoms with van der Waals surface area (Å²) in [7, 11) is 1.63. The molecule has 2 atom stereocenters. The molecule has 0 aromatic heterocycles. The smallest absolute Gasteiger partial charge is 0.0897 e.